The fourth-order valence-electron chi connectivity index (χ4n) is 2.14. The Labute approximate surface area is 93.1 Å². The Morgan fingerprint density at radius 1 is 1.50 bits per heavy atom. The fraction of sp³-hybridized carbons (Fsp3) is 0.500. The van der Waals surface area contributed by atoms with Crippen LogP contribution in [0.15, 0.2) is 12.3 Å². The van der Waals surface area contributed by atoms with Gasteiger partial charge in [0.1, 0.15) is 5.69 Å². The van der Waals surface area contributed by atoms with Gasteiger partial charge in [-0.25, -0.2) is 0 Å². The second kappa shape index (κ2) is 3.71. The van der Waals surface area contributed by atoms with Gasteiger partial charge in [0.25, 0.3) is 0 Å². The van der Waals surface area contributed by atoms with Gasteiger partial charge in [0.05, 0.1) is 6.04 Å². The fourth-order valence-corrected chi connectivity index (χ4v) is 2.14. The third-order valence-corrected chi connectivity index (χ3v) is 2.97. The molecule has 84 valence electrons. The first-order chi connectivity index (χ1) is 7.90. The minimum Gasteiger partial charge on any atom is -0.307 e. The summed E-state index contributed by atoms with van der Waals surface area (Å²) in [5.41, 5.74) is 0.926. The molecule has 0 spiro atoms. The molecule has 0 saturated heterocycles. The molecular formula is C10H14N6. The van der Waals surface area contributed by atoms with Crippen LogP contribution in [0.4, 0.5) is 0 Å². The summed E-state index contributed by atoms with van der Waals surface area (Å²) < 4.78 is 2.16. The van der Waals surface area contributed by atoms with Crippen molar-refractivity contribution < 1.29 is 0 Å². The average molecular weight is 218 g/mol. The number of fused-ring (bicyclic) bond motifs is 1. The Balaban J connectivity index is 2.06. The molecule has 0 bridgehead atoms. The molecule has 1 unspecified atom stereocenters. The van der Waals surface area contributed by atoms with Crippen LogP contribution in [0.3, 0.4) is 0 Å². The van der Waals surface area contributed by atoms with Crippen molar-refractivity contribution in [2.24, 2.45) is 0 Å². The SMILES string of the molecule is CCC1NCCn2c(-c3ccn[nH]3)nnc21. The maximum atomic E-state index is 4.27. The molecule has 0 radical (unpaired) electrons. The van der Waals surface area contributed by atoms with Crippen LogP contribution in [0, 0.1) is 0 Å². The van der Waals surface area contributed by atoms with E-state index >= 15 is 0 Å². The first kappa shape index (κ1) is 9.53. The molecule has 0 aromatic carbocycles. The largest absolute Gasteiger partial charge is 0.307 e. The number of nitrogens with zero attached hydrogens (tertiary/aromatic N) is 4. The van der Waals surface area contributed by atoms with Gasteiger partial charge in [-0.3, -0.25) is 5.10 Å². The van der Waals surface area contributed by atoms with E-state index in [4.69, 9.17) is 0 Å². The van der Waals surface area contributed by atoms with Gasteiger partial charge in [0.2, 0.25) is 0 Å². The molecule has 3 heterocycles. The van der Waals surface area contributed by atoms with Gasteiger partial charge in [-0.05, 0) is 12.5 Å². The smallest absolute Gasteiger partial charge is 0.182 e. The van der Waals surface area contributed by atoms with Gasteiger partial charge < -0.3 is 9.88 Å². The van der Waals surface area contributed by atoms with Crippen molar-refractivity contribution >= 4 is 0 Å². The number of nitrogens with one attached hydrogen (secondary N) is 2. The lowest BCUT2D eigenvalue weighted by molar-refractivity contribution is 0.407. The van der Waals surface area contributed by atoms with Crippen molar-refractivity contribution in [1.29, 1.82) is 0 Å². The highest BCUT2D eigenvalue weighted by Crippen LogP contribution is 2.23. The second-order valence-corrected chi connectivity index (χ2v) is 3.92. The van der Waals surface area contributed by atoms with Crippen LogP contribution >= 0.6 is 0 Å². The number of hydrogen-bond acceptors (Lipinski definition) is 4. The Hall–Kier alpha value is -1.69. The van der Waals surface area contributed by atoms with E-state index in [2.05, 4.69) is 37.2 Å². The molecule has 1 aliphatic heterocycles. The lowest BCUT2D eigenvalue weighted by Crippen LogP contribution is -2.33. The Bertz CT molecular complexity index is 471. The van der Waals surface area contributed by atoms with E-state index in [0.29, 0.717) is 6.04 Å². The first-order valence-corrected chi connectivity index (χ1v) is 5.56. The van der Waals surface area contributed by atoms with Crippen LogP contribution < -0.4 is 5.32 Å². The number of H-pyrrole nitrogens is 1. The second-order valence-electron chi connectivity index (χ2n) is 3.92. The summed E-state index contributed by atoms with van der Waals surface area (Å²) in [7, 11) is 0. The predicted molar refractivity (Wildman–Crippen MR) is 58.6 cm³/mol. The Kier molecular flexibility index (Phi) is 2.21. The van der Waals surface area contributed by atoms with Crippen LogP contribution in [0.1, 0.15) is 25.2 Å². The van der Waals surface area contributed by atoms with Crippen molar-refractivity contribution in [3.63, 3.8) is 0 Å². The van der Waals surface area contributed by atoms with Gasteiger partial charge in [-0.15, -0.1) is 10.2 Å². The third kappa shape index (κ3) is 1.34. The van der Waals surface area contributed by atoms with E-state index in [-0.39, 0.29) is 0 Å². The van der Waals surface area contributed by atoms with Crippen molar-refractivity contribution in [3.05, 3.63) is 18.1 Å². The summed E-state index contributed by atoms with van der Waals surface area (Å²) in [4.78, 5) is 0. The van der Waals surface area contributed by atoms with Crippen molar-refractivity contribution in [3.8, 4) is 11.5 Å². The van der Waals surface area contributed by atoms with E-state index in [1.165, 1.54) is 0 Å². The quantitative estimate of drug-likeness (QED) is 0.779. The maximum Gasteiger partial charge on any atom is 0.182 e. The lowest BCUT2D eigenvalue weighted by atomic mass is 10.2. The molecule has 0 saturated carbocycles. The lowest BCUT2D eigenvalue weighted by Gasteiger charge is -2.23. The zero-order valence-corrected chi connectivity index (χ0v) is 9.14. The summed E-state index contributed by atoms with van der Waals surface area (Å²) >= 11 is 0. The van der Waals surface area contributed by atoms with Crippen LogP contribution in [-0.2, 0) is 6.54 Å². The molecule has 0 amide bonds. The first-order valence-electron chi connectivity index (χ1n) is 5.56. The number of hydrogen-bond donors (Lipinski definition) is 2. The van der Waals surface area contributed by atoms with Crippen molar-refractivity contribution in [2.45, 2.75) is 25.9 Å². The highest BCUT2D eigenvalue weighted by atomic mass is 15.3. The molecule has 2 aromatic heterocycles. The van der Waals surface area contributed by atoms with Gasteiger partial charge >= 0.3 is 0 Å². The molecule has 0 fully saturated rings. The molecule has 16 heavy (non-hydrogen) atoms. The van der Waals surface area contributed by atoms with E-state index in [1.54, 1.807) is 6.20 Å². The molecule has 1 atom stereocenters. The van der Waals surface area contributed by atoms with Gasteiger partial charge in [0, 0.05) is 19.3 Å². The van der Waals surface area contributed by atoms with Crippen molar-refractivity contribution in [2.75, 3.05) is 6.54 Å². The number of rotatable bonds is 2. The minimum atomic E-state index is 0.318. The maximum absolute atomic E-state index is 4.27. The average Bonchev–Trinajstić information content (AvgIpc) is 2.96. The van der Waals surface area contributed by atoms with Crippen LogP contribution in [-0.4, -0.2) is 31.5 Å². The molecule has 3 rings (SSSR count). The molecule has 2 aromatic rings. The molecule has 1 aliphatic rings. The van der Waals surface area contributed by atoms with Crippen molar-refractivity contribution in [1.82, 2.24) is 30.3 Å². The monoisotopic (exact) mass is 218 g/mol. The normalized spacial score (nSPS) is 19.7. The van der Waals surface area contributed by atoms with Crippen LogP contribution in [0.5, 0.6) is 0 Å². The van der Waals surface area contributed by atoms with E-state index in [0.717, 1.165) is 36.9 Å². The molecule has 0 aliphatic carbocycles. The summed E-state index contributed by atoms with van der Waals surface area (Å²) in [6.07, 6.45) is 2.76. The highest BCUT2D eigenvalue weighted by Gasteiger charge is 2.24. The molecule has 2 N–H and O–H groups in total. The van der Waals surface area contributed by atoms with Crippen LogP contribution in [0.2, 0.25) is 0 Å². The van der Waals surface area contributed by atoms with E-state index < -0.39 is 0 Å². The Morgan fingerprint density at radius 2 is 2.44 bits per heavy atom. The third-order valence-electron chi connectivity index (χ3n) is 2.97. The van der Waals surface area contributed by atoms with E-state index in [1.807, 2.05) is 6.07 Å². The number of aromatic amines is 1. The predicted octanol–water partition coefficient (Wildman–Crippen LogP) is 0.722. The summed E-state index contributed by atoms with van der Waals surface area (Å²) in [5.74, 6) is 1.91. The Morgan fingerprint density at radius 3 is 3.19 bits per heavy atom. The molecule has 6 heteroatoms. The molecule has 6 nitrogen and oxygen atoms in total. The van der Waals surface area contributed by atoms with Gasteiger partial charge in [0.15, 0.2) is 11.6 Å². The topological polar surface area (TPSA) is 71.4 Å². The standard InChI is InChI=1S/C10H14N6/c1-2-7-9-14-15-10(8-3-4-12-13-8)16(9)6-5-11-7/h3-4,7,11H,2,5-6H2,1H3,(H,12,13). The van der Waals surface area contributed by atoms with Gasteiger partial charge in [-0.1, -0.05) is 6.92 Å². The summed E-state index contributed by atoms with van der Waals surface area (Å²) in [6.45, 7) is 4.02. The van der Waals surface area contributed by atoms with Gasteiger partial charge in [-0.2, -0.15) is 5.10 Å². The van der Waals surface area contributed by atoms with E-state index in [9.17, 15) is 0 Å². The minimum absolute atomic E-state index is 0.318. The molecular weight excluding hydrogens is 204 g/mol. The zero-order valence-electron chi connectivity index (χ0n) is 9.14. The summed E-state index contributed by atoms with van der Waals surface area (Å²) in [5, 5.41) is 18.8. The highest BCUT2D eigenvalue weighted by molar-refractivity contribution is 5.48. The summed E-state index contributed by atoms with van der Waals surface area (Å²) in [6, 6.07) is 2.23. The zero-order chi connectivity index (χ0) is 11.0. The number of aromatic nitrogens is 5. The van der Waals surface area contributed by atoms with Crippen LogP contribution in [0.25, 0.3) is 11.5 Å².